The number of anilines is 1. The fourth-order valence-corrected chi connectivity index (χ4v) is 3.12. The lowest BCUT2D eigenvalue weighted by atomic mass is 10.2. The number of halogens is 2. The second kappa shape index (κ2) is 10.0. The largest absolute Gasteiger partial charge is 0.422 e. The number of esters is 1. The first-order valence-corrected chi connectivity index (χ1v) is 10.0. The maximum atomic E-state index is 11.9. The highest BCUT2D eigenvalue weighted by Gasteiger charge is 2.15. The van der Waals surface area contributed by atoms with E-state index in [0.717, 1.165) is 0 Å². The molecule has 2 amide bonds. The quantitative estimate of drug-likeness (QED) is 0.194. The zero-order valence-corrected chi connectivity index (χ0v) is 17.4. The Balaban J connectivity index is 1.52. The molecule has 0 aliphatic carbocycles. The van der Waals surface area contributed by atoms with Gasteiger partial charge in [-0.25, -0.2) is 10.2 Å². The normalized spacial score (nSPS) is 10.6. The molecule has 0 radical (unpaired) electrons. The second-order valence-corrected chi connectivity index (χ2v) is 7.42. The molecule has 3 rings (SSSR count). The third-order valence-electron chi connectivity index (χ3n) is 3.60. The van der Waals surface area contributed by atoms with E-state index in [1.807, 2.05) is 0 Å². The summed E-state index contributed by atoms with van der Waals surface area (Å²) in [6.07, 6.45) is 1.34. The lowest BCUT2D eigenvalue weighted by Gasteiger charge is -2.06. The highest BCUT2D eigenvalue weighted by molar-refractivity contribution is 7.12. The van der Waals surface area contributed by atoms with E-state index in [4.69, 9.17) is 27.9 Å². The van der Waals surface area contributed by atoms with Crippen LogP contribution in [0, 0.1) is 0 Å². The van der Waals surface area contributed by atoms with Crippen molar-refractivity contribution in [2.45, 2.75) is 0 Å². The number of nitrogens with zero attached hydrogens (tertiary/aromatic N) is 1. The van der Waals surface area contributed by atoms with Gasteiger partial charge in [0.2, 0.25) is 0 Å². The van der Waals surface area contributed by atoms with Gasteiger partial charge in [0.1, 0.15) is 10.6 Å². The third-order valence-corrected chi connectivity index (χ3v) is 5.27. The van der Waals surface area contributed by atoms with Crippen molar-refractivity contribution in [3.63, 3.8) is 0 Å². The zero-order chi connectivity index (χ0) is 21.5. The first-order valence-electron chi connectivity index (χ1n) is 8.38. The van der Waals surface area contributed by atoms with Gasteiger partial charge in [0.05, 0.1) is 21.9 Å². The van der Waals surface area contributed by atoms with Crippen LogP contribution in [0.3, 0.4) is 0 Å². The van der Waals surface area contributed by atoms with Gasteiger partial charge >= 0.3 is 17.8 Å². The number of hydrogen-bond donors (Lipinski definition) is 2. The van der Waals surface area contributed by atoms with Crippen molar-refractivity contribution >= 4 is 64.2 Å². The fraction of sp³-hybridized carbons (Fsp3) is 0. The Morgan fingerprint density at radius 3 is 2.43 bits per heavy atom. The lowest BCUT2D eigenvalue weighted by Crippen LogP contribution is -2.32. The van der Waals surface area contributed by atoms with Crippen LogP contribution in [0.5, 0.6) is 5.75 Å². The number of ether oxygens (including phenoxy) is 1. The predicted molar refractivity (Wildman–Crippen MR) is 117 cm³/mol. The highest BCUT2D eigenvalue weighted by atomic mass is 35.5. The minimum absolute atomic E-state index is 0.128. The molecule has 0 aliphatic rings. The topological polar surface area (TPSA) is 96.9 Å². The number of carbonyl (C=O) groups is 3. The molecular formula is C20H13Cl2N3O4S. The highest BCUT2D eigenvalue weighted by Crippen LogP contribution is 2.29. The van der Waals surface area contributed by atoms with E-state index in [2.05, 4.69) is 15.8 Å². The molecule has 0 bridgehead atoms. The van der Waals surface area contributed by atoms with Crippen LogP contribution in [0.1, 0.15) is 15.2 Å². The molecule has 2 aromatic carbocycles. The van der Waals surface area contributed by atoms with Gasteiger partial charge in [-0.3, -0.25) is 9.59 Å². The molecule has 0 spiro atoms. The summed E-state index contributed by atoms with van der Waals surface area (Å²) in [5.41, 5.74) is 2.93. The molecule has 0 fully saturated rings. The van der Waals surface area contributed by atoms with E-state index in [1.54, 1.807) is 53.9 Å². The van der Waals surface area contributed by atoms with Crippen molar-refractivity contribution in [2.75, 3.05) is 5.32 Å². The van der Waals surface area contributed by atoms with Crippen molar-refractivity contribution in [3.8, 4) is 5.75 Å². The molecule has 10 heteroatoms. The van der Waals surface area contributed by atoms with Crippen molar-refractivity contribution in [1.29, 1.82) is 0 Å². The van der Waals surface area contributed by atoms with E-state index in [1.165, 1.54) is 23.6 Å². The minimum atomic E-state index is -0.983. The van der Waals surface area contributed by atoms with Crippen molar-refractivity contribution in [2.24, 2.45) is 5.10 Å². The van der Waals surface area contributed by atoms with Gasteiger partial charge in [-0.05, 0) is 53.4 Å². The Kier molecular flexibility index (Phi) is 7.18. The van der Waals surface area contributed by atoms with Gasteiger partial charge in [-0.1, -0.05) is 35.3 Å². The monoisotopic (exact) mass is 461 g/mol. The molecule has 1 heterocycles. The van der Waals surface area contributed by atoms with Crippen LogP contribution >= 0.6 is 34.5 Å². The second-order valence-electron chi connectivity index (χ2n) is 5.69. The Morgan fingerprint density at radius 2 is 1.73 bits per heavy atom. The van der Waals surface area contributed by atoms with Crippen LogP contribution in [-0.2, 0) is 9.59 Å². The molecule has 0 aliphatic heterocycles. The average Bonchev–Trinajstić information content (AvgIpc) is 3.27. The van der Waals surface area contributed by atoms with Gasteiger partial charge in [-0.2, -0.15) is 5.10 Å². The zero-order valence-electron chi connectivity index (χ0n) is 15.1. The summed E-state index contributed by atoms with van der Waals surface area (Å²) >= 11 is 13.1. The number of benzene rings is 2. The van der Waals surface area contributed by atoms with Crippen LogP contribution in [0.4, 0.5) is 5.69 Å². The molecule has 0 unspecified atom stereocenters. The minimum Gasteiger partial charge on any atom is -0.422 e. The maximum Gasteiger partial charge on any atom is 0.353 e. The summed E-state index contributed by atoms with van der Waals surface area (Å²) in [6, 6.07) is 14.5. The SMILES string of the molecule is O=C(N/N=C/c1ccc(OC(=O)c2cccs2)cc1)C(=O)Nc1cccc(Cl)c1Cl. The summed E-state index contributed by atoms with van der Waals surface area (Å²) in [4.78, 5) is 36.2. The number of hydrogen-bond acceptors (Lipinski definition) is 6. The summed E-state index contributed by atoms with van der Waals surface area (Å²) in [5.74, 6) is -2.01. The molecule has 0 saturated carbocycles. The Hall–Kier alpha value is -3.20. The number of thiophene rings is 1. The van der Waals surface area contributed by atoms with Crippen molar-refractivity contribution in [1.82, 2.24) is 5.43 Å². The van der Waals surface area contributed by atoms with Gasteiger partial charge in [0.25, 0.3) is 0 Å². The van der Waals surface area contributed by atoms with Gasteiger partial charge in [0.15, 0.2) is 0 Å². The molecule has 7 nitrogen and oxygen atoms in total. The van der Waals surface area contributed by atoms with Crippen LogP contribution in [0.15, 0.2) is 65.1 Å². The van der Waals surface area contributed by atoms with Gasteiger partial charge < -0.3 is 10.1 Å². The molecule has 152 valence electrons. The van der Waals surface area contributed by atoms with Crippen LogP contribution < -0.4 is 15.5 Å². The number of amides is 2. The standard InChI is InChI=1S/C20H13Cl2N3O4S/c21-14-3-1-4-15(17(14)22)24-18(26)19(27)25-23-11-12-6-8-13(9-7-12)29-20(28)16-5-2-10-30-16/h1-11H,(H,24,26)(H,25,27)/b23-11+. The Bertz CT molecular complexity index is 1100. The van der Waals surface area contributed by atoms with E-state index in [9.17, 15) is 14.4 Å². The van der Waals surface area contributed by atoms with Gasteiger partial charge in [-0.15, -0.1) is 11.3 Å². The van der Waals surface area contributed by atoms with E-state index >= 15 is 0 Å². The fourth-order valence-electron chi connectivity index (χ4n) is 2.17. The van der Waals surface area contributed by atoms with Crippen molar-refractivity contribution in [3.05, 3.63) is 80.5 Å². The number of rotatable bonds is 5. The summed E-state index contributed by atoms with van der Waals surface area (Å²) in [6.45, 7) is 0. The predicted octanol–water partition coefficient (Wildman–Crippen LogP) is 4.36. The summed E-state index contributed by atoms with van der Waals surface area (Å²) in [5, 5.41) is 8.23. The Labute approximate surface area is 185 Å². The lowest BCUT2D eigenvalue weighted by molar-refractivity contribution is -0.136. The molecule has 0 saturated heterocycles. The molecule has 30 heavy (non-hydrogen) atoms. The molecule has 1 aromatic heterocycles. The Morgan fingerprint density at radius 1 is 0.967 bits per heavy atom. The maximum absolute atomic E-state index is 11.9. The summed E-state index contributed by atoms with van der Waals surface area (Å²) < 4.78 is 5.25. The van der Waals surface area contributed by atoms with Gasteiger partial charge in [0, 0.05) is 0 Å². The number of carbonyl (C=O) groups excluding carboxylic acids is 3. The first-order chi connectivity index (χ1) is 14.4. The first kappa shape index (κ1) is 21.5. The average molecular weight is 462 g/mol. The van der Waals surface area contributed by atoms with Crippen LogP contribution in [0.25, 0.3) is 0 Å². The molecule has 3 aromatic rings. The van der Waals surface area contributed by atoms with Crippen LogP contribution in [-0.4, -0.2) is 24.0 Å². The number of nitrogens with one attached hydrogen (secondary N) is 2. The van der Waals surface area contributed by atoms with E-state index in [0.29, 0.717) is 16.2 Å². The number of hydrazone groups is 1. The molecule has 2 N–H and O–H groups in total. The molecular weight excluding hydrogens is 449 g/mol. The van der Waals surface area contributed by atoms with E-state index < -0.39 is 17.8 Å². The van der Waals surface area contributed by atoms with E-state index in [-0.39, 0.29) is 15.7 Å². The molecule has 0 atom stereocenters. The summed E-state index contributed by atoms with van der Waals surface area (Å²) in [7, 11) is 0. The smallest absolute Gasteiger partial charge is 0.353 e. The van der Waals surface area contributed by atoms with Crippen LogP contribution in [0.2, 0.25) is 10.0 Å². The third kappa shape index (κ3) is 5.66. The van der Waals surface area contributed by atoms with Crippen molar-refractivity contribution < 1.29 is 19.1 Å².